The number of thiol groups is 1. The molecule has 0 saturated carbocycles. The van der Waals surface area contributed by atoms with E-state index in [4.69, 9.17) is 0 Å². The second-order valence-corrected chi connectivity index (χ2v) is 4.42. The van der Waals surface area contributed by atoms with Gasteiger partial charge in [0.2, 0.25) is 0 Å². The third-order valence-corrected chi connectivity index (χ3v) is 2.86. The fourth-order valence-electron chi connectivity index (χ4n) is 0.823. The molecule has 0 saturated heterocycles. The van der Waals surface area contributed by atoms with Crippen molar-refractivity contribution in [3.8, 4) is 0 Å². The van der Waals surface area contributed by atoms with Crippen LogP contribution >= 0.6 is 12.6 Å². The zero-order chi connectivity index (χ0) is 8.20. The van der Waals surface area contributed by atoms with Crippen LogP contribution in [0, 0.1) is 11.3 Å². The number of hydrogen-bond donors (Lipinski definition) is 1. The third kappa shape index (κ3) is 3.50. The van der Waals surface area contributed by atoms with Crippen LogP contribution in [-0.4, -0.2) is 5.75 Å². The van der Waals surface area contributed by atoms with Gasteiger partial charge in [0.25, 0.3) is 0 Å². The molecule has 0 N–H and O–H groups in total. The van der Waals surface area contributed by atoms with Crippen LogP contribution in [0.25, 0.3) is 0 Å². The normalized spacial score (nSPS) is 12.6. The van der Waals surface area contributed by atoms with Gasteiger partial charge in [0.1, 0.15) is 0 Å². The van der Waals surface area contributed by atoms with Crippen LogP contribution in [-0.2, 0) is 0 Å². The van der Waals surface area contributed by atoms with Crippen LogP contribution in [0.4, 0.5) is 0 Å². The maximum atomic E-state index is 4.20. The predicted octanol–water partition coefficient (Wildman–Crippen LogP) is 3.38. The SMILES string of the molecule is CC(C)C(C)(C)CCCS. The summed E-state index contributed by atoms with van der Waals surface area (Å²) < 4.78 is 0. The molecule has 0 aromatic carbocycles. The highest BCUT2D eigenvalue weighted by atomic mass is 32.1. The van der Waals surface area contributed by atoms with Gasteiger partial charge in [-0.2, -0.15) is 12.6 Å². The number of rotatable bonds is 4. The standard InChI is InChI=1S/C9H20S/c1-8(2)9(3,4)6-5-7-10/h8,10H,5-7H2,1-4H3. The van der Waals surface area contributed by atoms with Gasteiger partial charge in [-0.15, -0.1) is 0 Å². The van der Waals surface area contributed by atoms with E-state index in [0.717, 1.165) is 11.7 Å². The molecule has 0 aromatic heterocycles. The van der Waals surface area contributed by atoms with E-state index in [2.05, 4.69) is 40.3 Å². The first-order chi connectivity index (χ1) is 4.50. The molecule has 62 valence electrons. The van der Waals surface area contributed by atoms with Gasteiger partial charge in [0.05, 0.1) is 0 Å². The molecule has 0 radical (unpaired) electrons. The van der Waals surface area contributed by atoms with Crippen LogP contribution in [0.2, 0.25) is 0 Å². The molecule has 0 aliphatic carbocycles. The van der Waals surface area contributed by atoms with Gasteiger partial charge < -0.3 is 0 Å². The Balaban J connectivity index is 3.63. The molecular formula is C9H20S. The second-order valence-electron chi connectivity index (χ2n) is 3.97. The van der Waals surface area contributed by atoms with Gasteiger partial charge in [-0.1, -0.05) is 27.7 Å². The van der Waals surface area contributed by atoms with Crippen molar-refractivity contribution in [3.05, 3.63) is 0 Å². The lowest BCUT2D eigenvalue weighted by atomic mass is 9.78. The van der Waals surface area contributed by atoms with E-state index in [1.807, 2.05) is 0 Å². The minimum atomic E-state index is 0.503. The Morgan fingerprint density at radius 1 is 1.30 bits per heavy atom. The fourth-order valence-corrected chi connectivity index (χ4v) is 0.981. The van der Waals surface area contributed by atoms with E-state index in [9.17, 15) is 0 Å². The highest BCUT2D eigenvalue weighted by Crippen LogP contribution is 2.31. The molecule has 0 unspecified atom stereocenters. The number of hydrogen-bond acceptors (Lipinski definition) is 1. The smallest absolute Gasteiger partial charge is 0.00977 e. The van der Waals surface area contributed by atoms with Crippen molar-refractivity contribution in [1.29, 1.82) is 0 Å². The average Bonchev–Trinajstić information content (AvgIpc) is 1.84. The maximum absolute atomic E-state index is 4.20. The molecule has 0 aliphatic heterocycles. The summed E-state index contributed by atoms with van der Waals surface area (Å²) in [6.07, 6.45) is 2.54. The predicted molar refractivity (Wildman–Crippen MR) is 51.7 cm³/mol. The molecule has 0 heterocycles. The second kappa shape index (κ2) is 4.27. The molecule has 0 bridgehead atoms. The van der Waals surface area contributed by atoms with Crippen molar-refractivity contribution in [2.75, 3.05) is 5.75 Å². The van der Waals surface area contributed by atoms with Gasteiger partial charge in [-0.25, -0.2) is 0 Å². The zero-order valence-electron chi connectivity index (χ0n) is 7.65. The van der Waals surface area contributed by atoms with Crippen molar-refractivity contribution in [2.45, 2.75) is 40.5 Å². The topological polar surface area (TPSA) is 0 Å². The Bertz CT molecular complexity index is 84.7. The van der Waals surface area contributed by atoms with Crippen molar-refractivity contribution in [3.63, 3.8) is 0 Å². The van der Waals surface area contributed by atoms with Crippen molar-refractivity contribution in [2.24, 2.45) is 11.3 Å². The van der Waals surface area contributed by atoms with E-state index in [1.54, 1.807) is 0 Å². The van der Waals surface area contributed by atoms with Gasteiger partial charge in [0, 0.05) is 0 Å². The molecule has 0 atom stereocenters. The molecule has 0 amide bonds. The summed E-state index contributed by atoms with van der Waals surface area (Å²) >= 11 is 4.20. The first-order valence-electron chi connectivity index (χ1n) is 4.11. The minimum absolute atomic E-state index is 0.503. The quantitative estimate of drug-likeness (QED) is 0.599. The van der Waals surface area contributed by atoms with Crippen molar-refractivity contribution < 1.29 is 0 Å². The van der Waals surface area contributed by atoms with Crippen LogP contribution in [0.1, 0.15) is 40.5 Å². The van der Waals surface area contributed by atoms with Crippen LogP contribution < -0.4 is 0 Å². The molecule has 1 heteroatoms. The van der Waals surface area contributed by atoms with Crippen LogP contribution in [0.5, 0.6) is 0 Å². The molecule has 0 spiro atoms. The van der Waals surface area contributed by atoms with Gasteiger partial charge in [-0.3, -0.25) is 0 Å². The fraction of sp³-hybridized carbons (Fsp3) is 1.00. The lowest BCUT2D eigenvalue weighted by Gasteiger charge is -2.28. The first kappa shape index (κ1) is 10.3. The molecule has 0 fully saturated rings. The van der Waals surface area contributed by atoms with E-state index in [1.165, 1.54) is 12.8 Å². The lowest BCUT2D eigenvalue weighted by Crippen LogP contribution is -2.18. The summed E-state index contributed by atoms with van der Waals surface area (Å²) in [5.41, 5.74) is 0.503. The Morgan fingerprint density at radius 3 is 2.10 bits per heavy atom. The van der Waals surface area contributed by atoms with Gasteiger partial charge in [0.15, 0.2) is 0 Å². The van der Waals surface area contributed by atoms with E-state index >= 15 is 0 Å². The summed E-state index contributed by atoms with van der Waals surface area (Å²) in [4.78, 5) is 0. The summed E-state index contributed by atoms with van der Waals surface area (Å²) in [6.45, 7) is 9.25. The Morgan fingerprint density at radius 2 is 1.80 bits per heavy atom. The summed E-state index contributed by atoms with van der Waals surface area (Å²) in [6, 6.07) is 0. The highest BCUT2D eigenvalue weighted by Gasteiger charge is 2.20. The van der Waals surface area contributed by atoms with Crippen molar-refractivity contribution >= 4 is 12.6 Å². The monoisotopic (exact) mass is 160 g/mol. The maximum Gasteiger partial charge on any atom is -0.00977 e. The van der Waals surface area contributed by atoms with E-state index < -0.39 is 0 Å². The molecule has 0 rings (SSSR count). The van der Waals surface area contributed by atoms with E-state index in [-0.39, 0.29) is 0 Å². The molecule has 0 nitrogen and oxygen atoms in total. The van der Waals surface area contributed by atoms with Gasteiger partial charge in [-0.05, 0) is 29.9 Å². The largest absolute Gasteiger partial charge is 0.179 e. The minimum Gasteiger partial charge on any atom is -0.179 e. The summed E-state index contributed by atoms with van der Waals surface area (Å²) in [7, 11) is 0. The van der Waals surface area contributed by atoms with Crippen LogP contribution in [0.15, 0.2) is 0 Å². The Labute approximate surface area is 70.8 Å². The highest BCUT2D eigenvalue weighted by molar-refractivity contribution is 7.80. The van der Waals surface area contributed by atoms with Gasteiger partial charge >= 0.3 is 0 Å². The van der Waals surface area contributed by atoms with Crippen molar-refractivity contribution in [1.82, 2.24) is 0 Å². The first-order valence-corrected chi connectivity index (χ1v) is 4.75. The molecule has 0 aromatic rings. The zero-order valence-corrected chi connectivity index (χ0v) is 8.54. The van der Waals surface area contributed by atoms with E-state index in [0.29, 0.717) is 5.41 Å². The summed E-state index contributed by atoms with van der Waals surface area (Å²) in [5, 5.41) is 0. The molecular weight excluding hydrogens is 140 g/mol. The molecule has 10 heavy (non-hydrogen) atoms. The van der Waals surface area contributed by atoms with Crippen LogP contribution in [0.3, 0.4) is 0 Å². The Hall–Kier alpha value is 0.350. The average molecular weight is 160 g/mol. The lowest BCUT2D eigenvalue weighted by molar-refractivity contribution is 0.228. The summed E-state index contributed by atoms with van der Waals surface area (Å²) in [5.74, 6) is 1.81. The Kier molecular flexibility index (Phi) is 4.42. The molecule has 0 aliphatic rings. The third-order valence-electron chi connectivity index (χ3n) is 2.54.